The molecule has 0 aliphatic carbocycles. The largest absolute Gasteiger partial charge is 0.316 e. The summed E-state index contributed by atoms with van der Waals surface area (Å²) in [7, 11) is 0. The van der Waals surface area contributed by atoms with Gasteiger partial charge in [0.05, 0.1) is 0 Å². The van der Waals surface area contributed by atoms with E-state index in [-0.39, 0.29) is 85.4 Å². The minimum Gasteiger partial charge on any atom is 0.316 e. The van der Waals surface area contributed by atoms with Gasteiger partial charge >= 0.3 is 74.4 Å². The predicted octanol–water partition coefficient (Wildman–Crippen LogP) is -3.21. The Morgan fingerprint density at radius 1 is 0.750 bits per heavy atom. The van der Waals surface area contributed by atoms with Gasteiger partial charge in [0.2, 0.25) is 0 Å². The van der Waals surface area contributed by atoms with E-state index in [1.807, 2.05) is 0 Å². The Kier molecular flexibility index (Phi) is 153. The minimum atomic E-state index is 0. The Morgan fingerprint density at radius 2 is 0.750 bits per heavy atom. The van der Waals surface area contributed by atoms with Gasteiger partial charge in [-0.25, -0.2) is 0 Å². The van der Waals surface area contributed by atoms with E-state index in [0.717, 1.165) is 0 Å². The molecule has 0 amide bonds. The zero-order chi connectivity index (χ0) is 0. The topological polar surface area (TPSA) is 63.0 Å². The Balaban J connectivity index is 0. The quantitative estimate of drug-likeness (QED) is 0.289. The van der Waals surface area contributed by atoms with Crippen LogP contribution in [0.5, 0.6) is 0 Å². The fourth-order valence-corrected chi connectivity index (χ4v) is 0. The van der Waals surface area contributed by atoms with E-state index < -0.39 is 0 Å². The molecule has 0 bridgehead atoms. The van der Waals surface area contributed by atoms with Crippen LogP contribution in [0.15, 0.2) is 0 Å². The zero-order valence-electron chi connectivity index (χ0n) is 1.00. The van der Waals surface area contributed by atoms with Crippen molar-refractivity contribution < 1.29 is 11.0 Å². The molecule has 4 heavy (non-hydrogen) atoms. The molecule has 0 aromatic carbocycles. The van der Waals surface area contributed by atoms with Crippen molar-refractivity contribution in [2.24, 2.45) is 0 Å². The molecule has 0 aliphatic rings. The average Bonchev–Trinajstić information content (AvgIpc) is 0. The molecule has 0 aromatic rings. The van der Waals surface area contributed by atoms with Gasteiger partial charge in [-0.15, -0.1) is 0 Å². The molecule has 0 fully saturated rings. The summed E-state index contributed by atoms with van der Waals surface area (Å²) in [4.78, 5) is 0. The molecule has 0 aromatic heterocycles. The van der Waals surface area contributed by atoms with Gasteiger partial charge < -0.3 is 11.0 Å². The zero-order valence-corrected chi connectivity index (χ0v) is 1.00. The van der Waals surface area contributed by atoms with Crippen molar-refractivity contribution in [1.29, 1.82) is 0 Å². The maximum absolute atomic E-state index is 0. The van der Waals surface area contributed by atoms with Crippen molar-refractivity contribution in [3.63, 3.8) is 0 Å². The second kappa shape index (κ2) is 18.4. The Bertz CT molecular complexity index is 6.00. The Labute approximate surface area is 83.5 Å². The first kappa shape index (κ1) is 33.2. The molecule has 0 aliphatic heterocycles. The van der Waals surface area contributed by atoms with Crippen LogP contribution < -0.4 is 0 Å². The van der Waals surface area contributed by atoms with Gasteiger partial charge in [-0.1, -0.05) is 0 Å². The van der Waals surface area contributed by atoms with E-state index in [4.69, 9.17) is 0 Å². The van der Waals surface area contributed by atoms with Crippen LogP contribution in [-0.4, -0.2) is 85.4 Å². The molecule has 0 heterocycles. The van der Waals surface area contributed by atoms with Crippen molar-refractivity contribution in [3.8, 4) is 0 Å². The van der Waals surface area contributed by atoms with E-state index in [9.17, 15) is 0 Å². The van der Waals surface area contributed by atoms with Crippen molar-refractivity contribution >= 4 is 74.4 Å². The van der Waals surface area contributed by atoms with Crippen molar-refractivity contribution in [2.45, 2.75) is 0 Å². The molecule has 4 N–H and O–H groups in total. The molecule has 0 saturated carbocycles. The predicted molar refractivity (Wildman–Crippen MR) is 22.9 cm³/mol. The first-order valence-electron chi connectivity index (χ1n) is 0. The van der Waals surface area contributed by atoms with Gasteiger partial charge in [0.25, 0.3) is 0 Å². The van der Waals surface area contributed by atoms with E-state index in [0.29, 0.717) is 0 Å². The van der Waals surface area contributed by atoms with E-state index in [1.165, 1.54) is 0 Å². The smallest absolute Gasteiger partial charge is 0.316 e. The molecule has 0 rings (SSSR count). The van der Waals surface area contributed by atoms with Gasteiger partial charge in [-0.2, -0.15) is 0 Å². The summed E-state index contributed by atoms with van der Waals surface area (Å²) in [5, 5.41) is 0. The van der Waals surface area contributed by atoms with E-state index in [1.54, 1.807) is 0 Å². The SMILES string of the molecule is O.O.[KH].[MgH2]. The number of hydrogen-bond donors (Lipinski definition) is 0. The van der Waals surface area contributed by atoms with Gasteiger partial charge in [-0.3, -0.25) is 0 Å². The van der Waals surface area contributed by atoms with Crippen LogP contribution in [0.2, 0.25) is 0 Å². The summed E-state index contributed by atoms with van der Waals surface area (Å²) >= 11 is 0. The molecule has 0 unspecified atom stereocenters. The maximum atomic E-state index is 0. The normalized spacial score (nSPS) is 0. The molecular weight excluding hydrogens is 95.4 g/mol. The molecule has 0 spiro atoms. The summed E-state index contributed by atoms with van der Waals surface area (Å²) in [6.07, 6.45) is 0. The first-order chi connectivity index (χ1) is 0. The second-order valence-electron chi connectivity index (χ2n) is 0. The summed E-state index contributed by atoms with van der Waals surface area (Å²) in [6.45, 7) is 0. The number of hydrogen-bond acceptors (Lipinski definition) is 0. The Hall–Kier alpha value is 2.32. The summed E-state index contributed by atoms with van der Waals surface area (Å²) < 4.78 is 0. The molecule has 4 heteroatoms. The van der Waals surface area contributed by atoms with Crippen molar-refractivity contribution in [2.75, 3.05) is 0 Å². The van der Waals surface area contributed by atoms with Gasteiger partial charge in [-0.05, 0) is 0 Å². The van der Waals surface area contributed by atoms with Crippen LogP contribution in [0.3, 0.4) is 0 Å². The third kappa shape index (κ3) is 8.85. The first-order valence-corrected chi connectivity index (χ1v) is 0. The molecule has 0 atom stereocenters. The maximum Gasteiger partial charge on any atom is 0.316 e. The van der Waals surface area contributed by atoms with Crippen LogP contribution in [0.25, 0.3) is 0 Å². The van der Waals surface area contributed by atoms with Gasteiger partial charge in [0.1, 0.15) is 0 Å². The molecular formula is H7KMgO2. The Morgan fingerprint density at radius 3 is 0.750 bits per heavy atom. The van der Waals surface area contributed by atoms with Gasteiger partial charge in [0.15, 0.2) is 0 Å². The molecule has 22 valence electrons. The summed E-state index contributed by atoms with van der Waals surface area (Å²) in [6, 6.07) is 0. The van der Waals surface area contributed by atoms with Crippen molar-refractivity contribution in [3.05, 3.63) is 0 Å². The summed E-state index contributed by atoms with van der Waals surface area (Å²) in [5.41, 5.74) is 0. The minimum absolute atomic E-state index is 0. The van der Waals surface area contributed by atoms with Crippen LogP contribution in [0.1, 0.15) is 0 Å². The molecule has 0 radical (unpaired) electrons. The van der Waals surface area contributed by atoms with Crippen LogP contribution in [0.4, 0.5) is 0 Å². The van der Waals surface area contributed by atoms with Crippen molar-refractivity contribution in [1.82, 2.24) is 0 Å². The van der Waals surface area contributed by atoms with E-state index >= 15 is 0 Å². The van der Waals surface area contributed by atoms with Crippen LogP contribution in [0, 0.1) is 0 Å². The monoisotopic (exact) mass is 102 g/mol. The molecule has 0 saturated heterocycles. The van der Waals surface area contributed by atoms with Gasteiger partial charge in [0, 0.05) is 0 Å². The number of rotatable bonds is 0. The van der Waals surface area contributed by atoms with Crippen LogP contribution in [-0.2, 0) is 0 Å². The average molecular weight is 102 g/mol. The third-order valence-corrected chi connectivity index (χ3v) is 0. The van der Waals surface area contributed by atoms with E-state index in [2.05, 4.69) is 0 Å². The fourth-order valence-electron chi connectivity index (χ4n) is 0. The standard InChI is InChI=1S/K.Mg.2H2O.3H/h;;2*1H2;;;. The second-order valence-corrected chi connectivity index (χ2v) is 0. The summed E-state index contributed by atoms with van der Waals surface area (Å²) in [5.74, 6) is 0. The third-order valence-electron chi connectivity index (χ3n) is 0. The molecule has 2 nitrogen and oxygen atoms in total. The van der Waals surface area contributed by atoms with Crippen LogP contribution >= 0.6 is 0 Å². The fraction of sp³-hybridized carbons (Fsp3) is 0.